The molecular formula is C112H188N16Sc2Si2. The zero-order valence-corrected chi connectivity index (χ0v) is 96.6. The molecule has 0 bridgehead atoms. The number of para-hydroxylation sites is 2. The SMILES string of the molecule is CC(/C=C(/C)[N-]c1c(C(C)C)cccc1C(C)C)=NCCN(C)CCN(C)C.CC(/C=C(/C)[N-]c1c(C(C)C)cccc1C(C)C)=NCCN(C)CCN(C)C.CC(C)c1cccc(C(C)C)c1[NH-].CC(C)c1cccc(C(C)C)c1[NH-].CCCCCC.CCCCCC.CCCCCC.C[Si](C)(C)c1[n-]nnc1-c1ccccc1.C[Si](C)(C)c1[n-]nnc1-c1ccccc1.[Sc+3].[Sc+3]. The van der Waals surface area contributed by atoms with E-state index in [0.717, 1.165) is 153 Å². The summed E-state index contributed by atoms with van der Waals surface area (Å²) in [5.41, 5.74) is 37.9. The van der Waals surface area contributed by atoms with Gasteiger partial charge in [-0.2, -0.15) is 11.4 Å². The van der Waals surface area contributed by atoms with Crippen LogP contribution >= 0.6 is 0 Å². The zero-order chi connectivity index (χ0) is 98.8. The fraction of sp³-hybridized carbons (Fsp3) is 0.589. The number of aromatic nitrogens is 6. The number of unbranched alkanes of at least 4 members (excludes halogenated alkanes) is 9. The summed E-state index contributed by atoms with van der Waals surface area (Å²) in [5.74, 6) is 3.63. The minimum absolute atomic E-state index is 0. The second-order valence-corrected chi connectivity index (χ2v) is 49.8. The van der Waals surface area contributed by atoms with Crippen molar-refractivity contribution in [3.63, 3.8) is 0 Å². The van der Waals surface area contributed by atoms with Crippen molar-refractivity contribution in [2.24, 2.45) is 9.98 Å². The molecule has 0 radical (unpaired) electrons. The molecule has 16 nitrogen and oxygen atoms in total. The van der Waals surface area contributed by atoms with Crippen LogP contribution in [0.5, 0.6) is 0 Å². The summed E-state index contributed by atoms with van der Waals surface area (Å²) < 4.78 is 0. The van der Waals surface area contributed by atoms with Crippen molar-refractivity contribution in [1.82, 2.24) is 50.4 Å². The minimum Gasteiger partial charge on any atom is -0.698 e. The van der Waals surface area contributed by atoms with E-state index in [2.05, 4.69) is 421 Å². The molecule has 8 rings (SSSR count). The molecule has 8 aromatic rings. The first-order valence-electron chi connectivity index (χ1n) is 49.5. The van der Waals surface area contributed by atoms with E-state index >= 15 is 0 Å². The molecule has 0 unspecified atom stereocenters. The molecule has 0 aliphatic heterocycles. The first-order valence-corrected chi connectivity index (χ1v) is 56.5. The van der Waals surface area contributed by atoms with Gasteiger partial charge in [-0.3, -0.25) is 20.4 Å². The molecule has 0 spiro atoms. The molecule has 0 fully saturated rings. The number of allylic oxidation sites excluding steroid dienone is 4. The molecule has 0 atom stereocenters. The van der Waals surface area contributed by atoms with Gasteiger partial charge in [-0.05, 0) is 126 Å². The number of likely N-dealkylation sites (N-methyl/N-ethyl adjacent to an activating group) is 4. The number of rotatable bonds is 39. The summed E-state index contributed by atoms with van der Waals surface area (Å²) in [4.78, 5) is 18.5. The van der Waals surface area contributed by atoms with Crippen molar-refractivity contribution in [1.29, 1.82) is 0 Å². The molecule has 730 valence electrons. The Kier molecular flexibility index (Phi) is 71.7. The number of hydrogen-bond acceptors (Lipinski definition) is 10. The monoisotopic (exact) mass is 1900 g/mol. The van der Waals surface area contributed by atoms with E-state index in [9.17, 15) is 0 Å². The summed E-state index contributed by atoms with van der Waals surface area (Å²) in [6.07, 6.45) is 20.8. The topological polar surface area (TPSA) is 193 Å². The van der Waals surface area contributed by atoms with Gasteiger partial charge in [0.1, 0.15) is 0 Å². The van der Waals surface area contributed by atoms with Crippen molar-refractivity contribution in [2.45, 2.75) is 344 Å². The van der Waals surface area contributed by atoms with Gasteiger partial charge in [0.25, 0.3) is 0 Å². The van der Waals surface area contributed by atoms with E-state index in [-0.39, 0.29) is 51.7 Å². The van der Waals surface area contributed by atoms with Crippen LogP contribution in [0, 0.1) is 0 Å². The first kappa shape index (κ1) is 130. The number of nitrogens with one attached hydrogen (secondary N) is 2. The number of hydrogen-bond donors (Lipinski definition) is 0. The molecule has 2 N–H and O–H groups in total. The van der Waals surface area contributed by atoms with Gasteiger partial charge in [0.2, 0.25) is 0 Å². The van der Waals surface area contributed by atoms with Crippen LogP contribution in [0.25, 0.3) is 44.6 Å². The Labute approximate surface area is 850 Å². The number of nitrogens with zero attached hydrogens (tertiary/aromatic N) is 14. The summed E-state index contributed by atoms with van der Waals surface area (Å²) in [6, 6.07) is 45.7. The van der Waals surface area contributed by atoms with Gasteiger partial charge >= 0.3 is 51.7 Å². The Morgan fingerprint density at radius 2 is 0.568 bits per heavy atom. The fourth-order valence-electron chi connectivity index (χ4n) is 13.8. The maximum absolute atomic E-state index is 8.01. The summed E-state index contributed by atoms with van der Waals surface area (Å²) in [5, 5.41) is 36.4. The van der Waals surface area contributed by atoms with Crippen LogP contribution in [0.2, 0.25) is 39.3 Å². The van der Waals surface area contributed by atoms with E-state index in [1.165, 1.54) is 99.3 Å². The average Bonchev–Trinajstić information content (AvgIpc) is 1.58. The third-order valence-electron chi connectivity index (χ3n) is 21.8. The van der Waals surface area contributed by atoms with Crippen molar-refractivity contribution in [3.8, 4) is 22.5 Å². The van der Waals surface area contributed by atoms with Crippen molar-refractivity contribution >= 4 is 61.0 Å². The van der Waals surface area contributed by atoms with Crippen LogP contribution in [0.4, 0.5) is 22.7 Å². The molecule has 6 aromatic carbocycles. The van der Waals surface area contributed by atoms with Gasteiger partial charge in [0.05, 0.1) is 29.2 Å². The van der Waals surface area contributed by atoms with Gasteiger partial charge in [-0.15, -0.1) is 22.7 Å². The predicted molar refractivity (Wildman–Crippen MR) is 585 cm³/mol. The van der Waals surface area contributed by atoms with Crippen LogP contribution in [0.15, 0.2) is 167 Å². The first-order chi connectivity index (χ1) is 61.2. The van der Waals surface area contributed by atoms with Crippen molar-refractivity contribution < 1.29 is 51.7 Å². The maximum atomic E-state index is 8.01. The maximum Gasteiger partial charge on any atom is 3.00 e. The molecule has 0 aliphatic rings. The quantitative estimate of drug-likeness (QED) is 0.0203. The van der Waals surface area contributed by atoms with Crippen LogP contribution in [-0.2, 0) is 51.7 Å². The second-order valence-electron chi connectivity index (χ2n) is 39.8. The molecule has 2 aromatic heterocycles. The summed E-state index contributed by atoms with van der Waals surface area (Å²) >= 11 is 0. The number of benzene rings is 6. The van der Waals surface area contributed by atoms with Crippen LogP contribution in [0.3, 0.4) is 0 Å². The van der Waals surface area contributed by atoms with Gasteiger partial charge < -0.3 is 62.1 Å². The second kappa shape index (κ2) is 72.9. The number of aliphatic imine (C=N–C) groups is 2. The predicted octanol–water partition coefficient (Wildman–Crippen LogP) is 31.9. The third kappa shape index (κ3) is 54.5. The Morgan fingerprint density at radius 3 is 0.773 bits per heavy atom. The Balaban J connectivity index is -0.00000148. The molecule has 0 aliphatic carbocycles. The van der Waals surface area contributed by atoms with Crippen molar-refractivity contribution in [3.05, 3.63) is 224 Å². The van der Waals surface area contributed by atoms with Gasteiger partial charge in [0.15, 0.2) is 0 Å². The normalized spacial score (nSPS) is 11.7. The van der Waals surface area contributed by atoms with E-state index in [0.29, 0.717) is 47.3 Å². The molecule has 20 heteroatoms. The molecule has 0 saturated carbocycles. The molecule has 0 saturated heterocycles. The van der Waals surface area contributed by atoms with Crippen LogP contribution < -0.4 is 20.8 Å². The third-order valence-corrected chi connectivity index (χ3v) is 25.3. The molecule has 132 heavy (non-hydrogen) atoms. The van der Waals surface area contributed by atoms with Gasteiger partial charge in [0, 0.05) is 50.7 Å². The largest absolute Gasteiger partial charge is 3.00 e. The molecular weight excluding hydrogens is 1720 g/mol. The molecule has 0 amide bonds. The minimum atomic E-state index is -1.44. The molecule has 2 heterocycles. The van der Waals surface area contributed by atoms with Gasteiger partial charge in [-0.1, -0.05) is 483 Å². The average molecular weight is 1900 g/mol. The Bertz CT molecular complexity index is 3970. The van der Waals surface area contributed by atoms with Crippen molar-refractivity contribution in [2.75, 3.05) is 94.6 Å². The van der Waals surface area contributed by atoms with Crippen LogP contribution in [0.1, 0.15) is 349 Å². The van der Waals surface area contributed by atoms with E-state index in [1.807, 2.05) is 36.4 Å². The van der Waals surface area contributed by atoms with Gasteiger partial charge in [-0.25, -0.2) is 0 Å². The van der Waals surface area contributed by atoms with Crippen LogP contribution in [-0.4, -0.2) is 162 Å². The summed E-state index contributed by atoms with van der Waals surface area (Å²) in [6.45, 7) is 78.0. The van der Waals surface area contributed by atoms with E-state index < -0.39 is 16.1 Å². The fourth-order valence-corrected chi connectivity index (χ4v) is 16.3. The Morgan fingerprint density at radius 1 is 0.341 bits per heavy atom. The Hall–Kier alpha value is -6.37. The smallest absolute Gasteiger partial charge is 0.698 e. The zero-order valence-electron chi connectivity index (χ0n) is 91.0. The van der Waals surface area contributed by atoms with E-state index in [4.69, 9.17) is 32.1 Å². The standard InChI is InChI=1S/2C24H41N4.2C12H18N.2C11H14N3Si.3C6H14.2Sc/c2*1-18(2)22-11-10-12-23(19(3)4)24(22)26-21(6)17-20(5)25-13-14-28(9)16-15-27(7)8;2*1-8(2)10-6-5-7-11(9(3)4)12(10)13;2*1-15(2,3)11-10(12-14-13-11)9-7-5-4-6-8-9;3*1-3-5-6-4-2;;/h2*10-12,17-19H,13-16H2,1-9H3;2*5-9,13H,1-4H3;2*4-8H,1-3H3;3*3-6H2,1-2H3;;/q6*-1;;;;2*+3/b2*21-17-,25-20?;;;;;;;;;. The van der Waals surface area contributed by atoms with E-state index in [1.54, 1.807) is 0 Å². The summed E-state index contributed by atoms with van der Waals surface area (Å²) in [7, 11) is 9.84.